The Morgan fingerprint density at radius 1 is 1.65 bits per heavy atom. The molecule has 1 amide bonds. The Labute approximate surface area is 103 Å². The second-order valence-corrected chi connectivity index (χ2v) is 4.57. The van der Waals surface area contributed by atoms with Crippen LogP contribution in [-0.4, -0.2) is 61.4 Å². The Kier molecular flexibility index (Phi) is 6.47. The van der Waals surface area contributed by atoms with Gasteiger partial charge in [0.25, 0.3) is 0 Å². The third-order valence-electron chi connectivity index (χ3n) is 3.13. The predicted octanol–water partition coefficient (Wildman–Crippen LogP) is -0.158. The van der Waals surface area contributed by atoms with E-state index in [1.807, 2.05) is 13.8 Å². The maximum absolute atomic E-state index is 11.6. The minimum atomic E-state index is -0.277. The highest BCUT2D eigenvalue weighted by atomic mass is 16.5. The quantitative estimate of drug-likeness (QED) is 0.611. The van der Waals surface area contributed by atoms with E-state index in [2.05, 4.69) is 10.2 Å². The van der Waals surface area contributed by atoms with Crippen molar-refractivity contribution in [2.75, 3.05) is 39.4 Å². The Morgan fingerprint density at radius 2 is 2.41 bits per heavy atom. The zero-order chi connectivity index (χ0) is 12.7. The Balaban J connectivity index is 2.11. The van der Waals surface area contributed by atoms with Gasteiger partial charge < -0.3 is 15.2 Å². The number of amides is 1. The van der Waals surface area contributed by atoms with E-state index in [9.17, 15) is 9.90 Å². The van der Waals surface area contributed by atoms with Crippen molar-refractivity contribution in [3.05, 3.63) is 0 Å². The van der Waals surface area contributed by atoms with Gasteiger partial charge in [0.15, 0.2) is 0 Å². The topological polar surface area (TPSA) is 61.8 Å². The van der Waals surface area contributed by atoms with Gasteiger partial charge in [0.2, 0.25) is 5.91 Å². The summed E-state index contributed by atoms with van der Waals surface area (Å²) in [5, 5.41) is 12.3. The summed E-state index contributed by atoms with van der Waals surface area (Å²) in [5.41, 5.74) is 0. The smallest absolute Gasteiger partial charge is 0.234 e. The number of rotatable bonds is 7. The molecule has 0 bridgehead atoms. The van der Waals surface area contributed by atoms with Gasteiger partial charge in [-0.05, 0) is 32.7 Å². The van der Waals surface area contributed by atoms with Crippen LogP contribution in [0.1, 0.15) is 20.3 Å². The third kappa shape index (κ3) is 5.48. The molecule has 1 aliphatic heterocycles. The molecular formula is C12H24N2O3. The number of nitrogens with zero attached hydrogens (tertiary/aromatic N) is 1. The molecule has 0 saturated carbocycles. The molecule has 17 heavy (non-hydrogen) atoms. The molecule has 0 aromatic rings. The van der Waals surface area contributed by atoms with Crippen molar-refractivity contribution in [1.29, 1.82) is 0 Å². The van der Waals surface area contributed by atoms with Gasteiger partial charge in [-0.25, -0.2) is 0 Å². The summed E-state index contributed by atoms with van der Waals surface area (Å²) in [4.78, 5) is 13.7. The molecule has 0 radical (unpaired) electrons. The number of carbonyl (C=O) groups is 1. The predicted molar refractivity (Wildman–Crippen MR) is 65.7 cm³/mol. The molecule has 0 spiro atoms. The second-order valence-electron chi connectivity index (χ2n) is 4.57. The van der Waals surface area contributed by atoms with Gasteiger partial charge >= 0.3 is 0 Å². The van der Waals surface area contributed by atoms with Gasteiger partial charge in [-0.3, -0.25) is 9.69 Å². The minimum absolute atomic E-state index is 0.0379. The van der Waals surface area contributed by atoms with Crippen LogP contribution in [0.5, 0.6) is 0 Å². The van der Waals surface area contributed by atoms with Gasteiger partial charge in [0, 0.05) is 19.7 Å². The lowest BCUT2D eigenvalue weighted by Gasteiger charge is -2.16. The maximum Gasteiger partial charge on any atom is 0.234 e. The van der Waals surface area contributed by atoms with E-state index in [-0.39, 0.29) is 12.0 Å². The summed E-state index contributed by atoms with van der Waals surface area (Å²) >= 11 is 0. The molecule has 0 aliphatic carbocycles. The van der Waals surface area contributed by atoms with Crippen LogP contribution in [-0.2, 0) is 9.53 Å². The zero-order valence-corrected chi connectivity index (χ0v) is 10.8. The van der Waals surface area contributed by atoms with Gasteiger partial charge in [0.1, 0.15) is 0 Å². The number of carbonyl (C=O) groups excluding carboxylic acids is 1. The van der Waals surface area contributed by atoms with Crippen molar-refractivity contribution in [1.82, 2.24) is 10.2 Å². The van der Waals surface area contributed by atoms with Gasteiger partial charge in [-0.2, -0.15) is 0 Å². The minimum Gasteiger partial charge on any atom is -0.393 e. The molecule has 2 unspecified atom stereocenters. The average molecular weight is 244 g/mol. The highest BCUT2D eigenvalue weighted by Crippen LogP contribution is 2.18. The van der Waals surface area contributed by atoms with Crippen molar-refractivity contribution in [3.8, 4) is 0 Å². The first-order valence-corrected chi connectivity index (χ1v) is 6.38. The lowest BCUT2D eigenvalue weighted by atomic mass is 10.0. The highest BCUT2D eigenvalue weighted by molar-refractivity contribution is 5.78. The van der Waals surface area contributed by atoms with Crippen LogP contribution in [0.3, 0.4) is 0 Å². The van der Waals surface area contributed by atoms with Crippen LogP contribution in [0.2, 0.25) is 0 Å². The molecule has 5 heteroatoms. The molecule has 0 aromatic carbocycles. The third-order valence-corrected chi connectivity index (χ3v) is 3.13. The molecule has 2 N–H and O–H groups in total. The monoisotopic (exact) mass is 244 g/mol. The number of hydrogen-bond donors (Lipinski definition) is 2. The summed E-state index contributed by atoms with van der Waals surface area (Å²) in [6, 6.07) is 0. The summed E-state index contributed by atoms with van der Waals surface area (Å²) in [6.45, 7) is 7.70. The molecule has 1 rings (SSSR count). The van der Waals surface area contributed by atoms with Crippen molar-refractivity contribution < 1.29 is 14.6 Å². The van der Waals surface area contributed by atoms with Crippen LogP contribution in [0.4, 0.5) is 0 Å². The fraction of sp³-hybridized carbons (Fsp3) is 0.917. The molecule has 1 heterocycles. The van der Waals surface area contributed by atoms with Crippen molar-refractivity contribution >= 4 is 5.91 Å². The number of ether oxygens (including phenoxy) is 1. The largest absolute Gasteiger partial charge is 0.393 e. The first-order chi connectivity index (χ1) is 8.13. The Bertz CT molecular complexity index is 234. The fourth-order valence-corrected chi connectivity index (χ4v) is 2.07. The molecule has 1 saturated heterocycles. The molecule has 100 valence electrons. The average Bonchev–Trinajstić information content (AvgIpc) is 2.73. The van der Waals surface area contributed by atoms with Gasteiger partial charge in [-0.1, -0.05) is 0 Å². The van der Waals surface area contributed by atoms with E-state index in [4.69, 9.17) is 4.74 Å². The van der Waals surface area contributed by atoms with Crippen molar-refractivity contribution in [2.45, 2.75) is 26.4 Å². The molecule has 0 aromatic heterocycles. The van der Waals surface area contributed by atoms with E-state index in [0.29, 0.717) is 32.2 Å². The molecule has 2 atom stereocenters. The summed E-state index contributed by atoms with van der Waals surface area (Å²) in [6.07, 6.45) is 0.699. The lowest BCUT2D eigenvalue weighted by Crippen LogP contribution is -2.38. The van der Waals surface area contributed by atoms with Gasteiger partial charge in [0.05, 0.1) is 19.3 Å². The number of likely N-dealkylation sites (tertiary alicyclic amines) is 1. The molecular weight excluding hydrogens is 220 g/mol. The maximum atomic E-state index is 11.6. The molecule has 1 aliphatic rings. The van der Waals surface area contributed by atoms with Crippen LogP contribution < -0.4 is 5.32 Å². The van der Waals surface area contributed by atoms with Crippen molar-refractivity contribution in [2.24, 2.45) is 5.92 Å². The number of nitrogens with one attached hydrogen (secondary N) is 1. The first kappa shape index (κ1) is 14.4. The van der Waals surface area contributed by atoms with E-state index in [0.717, 1.165) is 19.5 Å². The molecule has 5 nitrogen and oxygen atoms in total. The Hall–Kier alpha value is -0.650. The lowest BCUT2D eigenvalue weighted by molar-refractivity contribution is -0.122. The number of aliphatic hydroxyl groups excluding tert-OH is 1. The van der Waals surface area contributed by atoms with E-state index in [1.165, 1.54) is 0 Å². The van der Waals surface area contributed by atoms with Crippen molar-refractivity contribution in [3.63, 3.8) is 0 Å². The van der Waals surface area contributed by atoms with E-state index >= 15 is 0 Å². The van der Waals surface area contributed by atoms with Gasteiger partial charge in [-0.15, -0.1) is 0 Å². The highest BCUT2D eigenvalue weighted by Gasteiger charge is 2.26. The number of hydrogen-bond acceptors (Lipinski definition) is 4. The second kappa shape index (κ2) is 7.63. The number of aliphatic hydroxyl groups is 1. The summed E-state index contributed by atoms with van der Waals surface area (Å²) in [7, 11) is 0. The Morgan fingerprint density at radius 3 is 3.00 bits per heavy atom. The van der Waals surface area contributed by atoms with Crippen LogP contribution in [0.25, 0.3) is 0 Å². The van der Waals surface area contributed by atoms with Crippen LogP contribution >= 0.6 is 0 Å². The summed E-state index contributed by atoms with van der Waals surface area (Å²) < 4.78 is 5.14. The van der Waals surface area contributed by atoms with E-state index in [1.54, 1.807) is 0 Å². The zero-order valence-electron chi connectivity index (χ0n) is 10.8. The fourth-order valence-electron chi connectivity index (χ4n) is 2.07. The normalized spacial score (nSPS) is 22.6. The molecule has 1 fully saturated rings. The SMILES string of the molecule is CCOCCNC(=O)CN1CCC(C(C)O)C1. The summed E-state index contributed by atoms with van der Waals surface area (Å²) in [5.74, 6) is 0.349. The van der Waals surface area contributed by atoms with Crippen LogP contribution in [0.15, 0.2) is 0 Å². The standard InChI is InChI=1S/C12H24N2O3/c1-3-17-7-5-13-12(16)9-14-6-4-11(8-14)10(2)15/h10-11,15H,3-9H2,1-2H3,(H,13,16). The van der Waals surface area contributed by atoms with E-state index < -0.39 is 0 Å². The van der Waals surface area contributed by atoms with Crippen LogP contribution in [0, 0.1) is 5.92 Å². The first-order valence-electron chi connectivity index (χ1n) is 6.38.